The monoisotopic (exact) mass is 310 g/mol. The van der Waals surface area contributed by atoms with Crippen molar-refractivity contribution < 1.29 is 4.79 Å². The highest BCUT2D eigenvalue weighted by Crippen LogP contribution is 2.17. The van der Waals surface area contributed by atoms with Crippen LogP contribution in [0.5, 0.6) is 0 Å². The highest BCUT2D eigenvalue weighted by molar-refractivity contribution is 6.33. The first-order chi connectivity index (χ1) is 10.0. The van der Waals surface area contributed by atoms with Gasteiger partial charge in [-0.05, 0) is 25.4 Å². The Morgan fingerprint density at radius 1 is 1.57 bits per heavy atom. The molecule has 1 N–H and O–H groups in total. The molecule has 1 saturated heterocycles. The molecule has 1 aromatic rings. The van der Waals surface area contributed by atoms with Crippen molar-refractivity contribution in [2.24, 2.45) is 5.92 Å². The molecule has 1 amide bonds. The largest absolute Gasteiger partial charge is 0.350 e. The van der Waals surface area contributed by atoms with Crippen LogP contribution < -0.4 is 5.32 Å². The number of hydrogen-bond acceptors (Lipinski definition) is 4. The van der Waals surface area contributed by atoms with Gasteiger partial charge in [0, 0.05) is 19.0 Å². The van der Waals surface area contributed by atoms with Crippen molar-refractivity contribution in [2.75, 3.05) is 26.2 Å². The van der Waals surface area contributed by atoms with E-state index in [9.17, 15) is 4.79 Å². The Kier molecular flexibility index (Phi) is 5.53. The van der Waals surface area contributed by atoms with Crippen molar-refractivity contribution in [2.45, 2.75) is 33.1 Å². The van der Waals surface area contributed by atoms with Gasteiger partial charge in [0.25, 0.3) is 5.91 Å². The van der Waals surface area contributed by atoms with Crippen molar-refractivity contribution in [1.29, 1.82) is 0 Å². The number of likely N-dealkylation sites (tertiary alicyclic amines) is 1. The summed E-state index contributed by atoms with van der Waals surface area (Å²) in [6.45, 7) is 10.0. The van der Waals surface area contributed by atoms with Gasteiger partial charge in [0.15, 0.2) is 0 Å². The quantitative estimate of drug-likeness (QED) is 0.907. The minimum absolute atomic E-state index is 0.168. The van der Waals surface area contributed by atoms with Crippen LogP contribution in [0.3, 0.4) is 0 Å². The van der Waals surface area contributed by atoms with Gasteiger partial charge >= 0.3 is 0 Å². The molecule has 1 aliphatic rings. The van der Waals surface area contributed by atoms with Crippen LogP contribution in [0.2, 0.25) is 5.02 Å². The minimum Gasteiger partial charge on any atom is -0.350 e. The normalized spacial score (nSPS) is 19.2. The molecule has 1 unspecified atom stereocenters. The Labute approximate surface area is 131 Å². The molecule has 1 fully saturated rings. The number of amides is 1. The van der Waals surface area contributed by atoms with Crippen LogP contribution in [0.4, 0.5) is 0 Å². The summed E-state index contributed by atoms with van der Waals surface area (Å²) < 4.78 is 0. The van der Waals surface area contributed by atoms with Crippen molar-refractivity contribution >= 4 is 17.5 Å². The van der Waals surface area contributed by atoms with Crippen LogP contribution in [-0.4, -0.2) is 47.0 Å². The van der Waals surface area contributed by atoms with Crippen molar-refractivity contribution in [1.82, 2.24) is 20.2 Å². The van der Waals surface area contributed by atoms with Crippen LogP contribution in [0.1, 0.15) is 49.4 Å². The Morgan fingerprint density at radius 2 is 2.33 bits per heavy atom. The maximum absolute atomic E-state index is 12.2. The molecule has 0 aromatic carbocycles. The van der Waals surface area contributed by atoms with E-state index in [2.05, 4.69) is 27.1 Å². The van der Waals surface area contributed by atoms with Crippen molar-refractivity contribution in [3.63, 3.8) is 0 Å². The molecule has 0 bridgehead atoms. The molecule has 5 nitrogen and oxygen atoms in total. The van der Waals surface area contributed by atoms with Gasteiger partial charge in [0.05, 0.1) is 11.2 Å². The van der Waals surface area contributed by atoms with E-state index in [0.717, 1.165) is 26.1 Å². The molecule has 1 atom stereocenters. The van der Waals surface area contributed by atoms with Gasteiger partial charge in [0.1, 0.15) is 11.5 Å². The predicted octanol–water partition coefficient (Wildman–Crippen LogP) is 2.33. The number of nitrogens with zero attached hydrogens (tertiary/aromatic N) is 3. The lowest BCUT2D eigenvalue weighted by Gasteiger charge is -2.14. The predicted molar refractivity (Wildman–Crippen MR) is 83.7 cm³/mol. The van der Waals surface area contributed by atoms with E-state index < -0.39 is 0 Å². The van der Waals surface area contributed by atoms with E-state index in [1.54, 1.807) is 0 Å². The first-order valence-electron chi connectivity index (χ1n) is 7.54. The van der Waals surface area contributed by atoms with E-state index in [1.807, 2.05) is 13.8 Å². The third-order valence-corrected chi connectivity index (χ3v) is 4.14. The fraction of sp³-hybridized carbons (Fsp3) is 0.667. The summed E-state index contributed by atoms with van der Waals surface area (Å²) >= 11 is 6.04. The van der Waals surface area contributed by atoms with Gasteiger partial charge in [-0.3, -0.25) is 4.79 Å². The number of aromatic nitrogens is 2. The molecule has 2 rings (SSSR count). The molecule has 0 aliphatic carbocycles. The molecular formula is C15H23ClN4O. The Morgan fingerprint density at radius 3 is 2.95 bits per heavy atom. The molecule has 21 heavy (non-hydrogen) atoms. The Bertz CT molecular complexity index is 506. The molecule has 1 aliphatic heterocycles. The number of carbonyl (C=O) groups excluding carboxylic acids is 1. The number of carbonyl (C=O) groups is 1. The van der Waals surface area contributed by atoms with Crippen LogP contribution >= 0.6 is 11.6 Å². The van der Waals surface area contributed by atoms with Gasteiger partial charge in [-0.25, -0.2) is 9.97 Å². The summed E-state index contributed by atoms with van der Waals surface area (Å²) in [6.07, 6.45) is 2.63. The lowest BCUT2D eigenvalue weighted by atomic mass is 10.1. The summed E-state index contributed by atoms with van der Waals surface area (Å²) in [5.41, 5.74) is 0.278. The summed E-state index contributed by atoms with van der Waals surface area (Å²) in [5, 5.41) is 3.26. The fourth-order valence-electron chi connectivity index (χ4n) is 2.51. The minimum atomic E-state index is -0.209. The van der Waals surface area contributed by atoms with E-state index in [4.69, 9.17) is 11.6 Å². The van der Waals surface area contributed by atoms with Crippen LogP contribution in [0, 0.1) is 5.92 Å². The second-order valence-electron chi connectivity index (χ2n) is 5.84. The fourth-order valence-corrected chi connectivity index (χ4v) is 2.68. The SMILES string of the molecule is CCN1CCC(CNC(=O)c2nc(C(C)C)ncc2Cl)C1. The molecule has 0 saturated carbocycles. The number of halogens is 1. The van der Waals surface area contributed by atoms with Gasteiger partial charge < -0.3 is 10.2 Å². The molecule has 0 radical (unpaired) electrons. The zero-order chi connectivity index (χ0) is 15.4. The number of nitrogens with one attached hydrogen (secondary N) is 1. The maximum Gasteiger partial charge on any atom is 0.271 e. The topological polar surface area (TPSA) is 58.1 Å². The average molecular weight is 311 g/mol. The van der Waals surface area contributed by atoms with Crippen molar-refractivity contribution in [3.05, 3.63) is 22.7 Å². The number of rotatable bonds is 5. The molecule has 1 aromatic heterocycles. The lowest BCUT2D eigenvalue weighted by molar-refractivity contribution is 0.0942. The van der Waals surface area contributed by atoms with Crippen molar-refractivity contribution in [3.8, 4) is 0 Å². The number of hydrogen-bond donors (Lipinski definition) is 1. The Balaban J connectivity index is 1.96. The molecule has 0 spiro atoms. The first-order valence-corrected chi connectivity index (χ1v) is 7.92. The summed E-state index contributed by atoms with van der Waals surface area (Å²) in [7, 11) is 0. The maximum atomic E-state index is 12.2. The van der Waals surface area contributed by atoms with E-state index in [1.165, 1.54) is 6.20 Å². The molecule has 116 valence electrons. The zero-order valence-electron chi connectivity index (χ0n) is 12.9. The second-order valence-corrected chi connectivity index (χ2v) is 6.24. The van der Waals surface area contributed by atoms with E-state index >= 15 is 0 Å². The highest BCUT2D eigenvalue weighted by Gasteiger charge is 2.22. The highest BCUT2D eigenvalue weighted by atomic mass is 35.5. The molecule has 2 heterocycles. The zero-order valence-corrected chi connectivity index (χ0v) is 13.7. The molecular weight excluding hydrogens is 288 g/mol. The van der Waals surface area contributed by atoms with Crippen LogP contribution in [-0.2, 0) is 0 Å². The van der Waals surface area contributed by atoms with Gasteiger partial charge in [-0.1, -0.05) is 32.4 Å². The first kappa shape index (κ1) is 16.2. The standard InChI is InChI=1S/C15H23ClN4O/c1-4-20-6-5-11(9-20)7-18-15(21)13-12(16)8-17-14(19-13)10(2)3/h8,10-11H,4-7,9H2,1-3H3,(H,18,21). The lowest BCUT2D eigenvalue weighted by Crippen LogP contribution is -2.32. The van der Waals surface area contributed by atoms with E-state index in [-0.39, 0.29) is 17.5 Å². The second kappa shape index (κ2) is 7.18. The van der Waals surface area contributed by atoms with Gasteiger partial charge in [-0.15, -0.1) is 0 Å². The molecule has 6 heteroatoms. The summed E-state index contributed by atoms with van der Waals surface area (Å²) in [6, 6.07) is 0. The van der Waals surface area contributed by atoms with Crippen LogP contribution in [0.15, 0.2) is 6.20 Å². The van der Waals surface area contributed by atoms with Gasteiger partial charge in [0.2, 0.25) is 0 Å². The van der Waals surface area contributed by atoms with Crippen LogP contribution in [0.25, 0.3) is 0 Å². The average Bonchev–Trinajstić information content (AvgIpc) is 2.93. The third kappa shape index (κ3) is 4.14. The van der Waals surface area contributed by atoms with E-state index in [0.29, 0.717) is 23.3 Å². The summed E-state index contributed by atoms with van der Waals surface area (Å²) in [5.74, 6) is 1.11. The third-order valence-electron chi connectivity index (χ3n) is 3.86. The smallest absolute Gasteiger partial charge is 0.271 e. The summed E-state index contributed by atoms with van der Waals surface area (Å²) in [4.78, 5) is 23.1. The Hall–Kier alpha value is -1.20. The van der Waals surface area contributed by atoms with Gasteiger partial charge in [-0.2, -0.15) is 0 Å².